The maximum Gasteiger partial charge on any atom is 0.0705 e. The summed E-state index contributed by atoms with van der Waals surface area (Å²) in [5, 5.41) is 1.14. The molecule has 1 unspecified atom stereocenters. The molecule has 3 heteroatoms. The Bertz CT molecular complexity index is 484. The highest BCUT2D eigenvalue weighted by Gasteiger charge is 2.06. The summed E-state index contributed by atoms with van der Waals surface area (Å²) in [7, 11) is 0. The van der Waals surface area contributed by atoms with Crippen LogP contribution in [-0.4, -0.2) is 18.2 Å². The highest BCUT2D eigenvalue weighted by atomic mass is 16.5. The van der Waals surface area contributed by atoms with Crippen molar-refractivity contribution >= 4 is 10.9 Å². The first-order chi connectivity index (χ1) is 8.31. The molecule has 0 aliphatic rings. The molecule has 2 rings (SSSR count). The Kier molecular flexibility index (Phi) is 4.07. The monoisotopic (exact) mass is 230 g/mol. The van der Waals surface area contributed by atoms with Crippen LogP contribution in [0.15, 0.2) is 36.5 Å². The van der Waals surface area contributed by atoms with Crippen LogP contribution in [-0.2, 0) is 4.74 Å². The van der Waals surface area contributed by atoms with Crippen LogP contribution >= 0.6 is 0 Å². The molecule has 2 aromatic rings. The van der Waals surface area contributed by atoms with Gasteiger partial charge in [0.15, 0.2) is 0 Å². The predicted octanol–water partition coefficient (Wildman–Crippen LogP) is 2.66. The molecule has 0 aliphatic carbocycles. The van der Waals surface area contributed by atoms with Crippen LogP contribution in [0, 0.1) is 0 Å². The van der Waals surface area contributed by atoms with Crippen LogP contribution < -0.4 is 5.73 Å². The zero-order valence-electron chi connectivity index (χ0n) is 10.1. The molecule has 17 heavy (non-hydrogen) atoms. The Balaban J connectivity index is 2.12. The summed E-state index contributed by atoms with van der Waals surface area (Å²) in [6.45, 7) is 3.41. The lowest BCUT2D eigenvalue weighted by Gasteiger charge is -2.12. The van der Waals surface area contributed by atoms with E-state index in [-0.39, 0.29) is 6.04 Å². The molecular formula is C14H18N2O. The average Bonchev–Trinajstić information content (AvgIpc) is 2.38. The quantitative estimate of drug-likeness (QED) is 0.803. The highest BCUT2D eigenvalue weighted by Crippen LogP contribution is 2.17. The predicted molar refractivity (Wildman–Crippen MR) is 69.8 cm³/mol. The molecule has 3 nitrogen and oxygen atoms in total. The number of benzene rings is 1. The minimum absolute atomic E-state index is 0.0760. The van der Waals surface area contributed by atoms with E-state index in [1.54, 1.807) is 6.20 Å². The van der Waals surface area contributed by atoms with Crippen molar-refractivity contribution < 1.29 is 4.74 Å². The third-order valence-electron chi connectivity index (χ3n) is 2.70. The second-order valence-corrected chi connectivity index (χ2v) is 4.14. The third-order valence-corrected chi connectivity index (χ3v) is 2.70. The number of fused-ring (bicyclic) bond motifs is 1. The second-order valence-electron chi connectivity index (χ2n) is 4.14. The van der Waals surface area contributed by atoms with E-state index in [4.69, 9.17) is 10.5 Å². The molecule has 0 saturated heterocycles. The maximum atomic E-state index is 6.07. The van der Waals surface area contributed by atoms with Crippen molar-refractivity contribution in [2.24, 2.45) is 5.73 Å². The second kappa shape index (κ2) is 5.75. The first-order valence-electron chi connectivity index (χ1n) is 5.99. The number of pyridine rings is 1. The maximum absolute atomic E-state index is 6.07. The summed E-state index contributed by atoms with van der Waals surface area (Å²) < 4.78 is 5.47. The molecule has 2 N–H and O–H groups in total. The van der Waals surface area contributed by atoms with Gasteiger partial charge in [-0.15, -0.1) is 0 Å². The number of nitrogens with zero attached hydrogens (tertiary/aromatic N) is 1. The van der Waals surface area contributed by atoms with Gasteiger partial charge < -0.3 is 10.5 Å². The Hall–Kier alpha value is -1.45. The first-order valence-corrected chi connectivity index (χ1v) is 5.99. The number of hydrogen-bond acceptors (Lipinski definition) is 3. The normalized spacial score (nSPS) is 12.8. The van der Waals surface area contributed by atoms with Crippen LogP contribution in [0.2, 0.25) is 0 Å². The van der Waals surface area contributed by atoms with Crippen molar-refractivity contribution in [3.63, 3.8) is 0 Å². The lowest BCUT2D eigenvalue weighted by atomic mass is 10.1. The van der Waals surface area contributed by atoms with E-state index in [0.717, 1.165) is 29.5 Å². The van der Waals surface area contributed by atoms with Crippen molar-refractivity contribution in [3.05, 3.63) is 42.1 Å². The molecule has 1 aromatic carbocycles. The average molecular weight is 230 g/mol. The van der Waals surface area contributed by atoms with Gasteiger partial charge in [-0.05, 0) is 24.1 Å². The lowest BCUT2D eigenvalue weighted by molar-refractivity contribution is 0.121. The fourth-order valence-corrected chi connectivity index (χ4v) is 1.76. The number of rotatable bonds is 5. The third kappa shape index (κ3) is 3.02. The van der Waals surface area contributed by atoms with E-state index in [9.17, 15) is 0 Å². The minimum atomic E-state index is -0.0760. The van der Waals surface area contributed by atoms with E-state index >= 15 is 0 Å². The van der Waals surface area contributed by atoms with Crippen LogP contribution in [0.3, 0.4) is 0 Å². The zero-order chi connectivity index (χ0) is 12.1. The minimum Gasteiger partial charge on any atom is -0.379 e. The molecule has 1 aromatic heterocycles. The molecule has 0 fully saturated rings. The van der Waals surface area contributed by atoms with Gasteiger partial charge in [0, 0.05) is 18.2 Å². The summed E-state index contributed by atoms with van der Waals surface area (Å²) in [5.74, 6) is 0. The molecule has 0 saturated carbocycles. The van der Waals surface area contributed by atoms with E-state index in [0.29, 0.717) is 6.61 Å². The van der Waals surface area contributed by atoms with Gasteiger partial charge in [-0.2, -0.15) is 0 Å². The SMILES string of the molecule is CCCOCC(N)c1ccc2cccnc2c1. The zero-order valence-corrected chi connectivity index (χ0v) is 10.1. The van der Waals surface area contributed by atoms with Gasteiger partial charge in [0.05, 0.1) is 18.2 Å². The molecule has 0 radical (unpaired) electrons. The summed E-state index contributed by atoms with van der Waals surface area (Å²) in [4.78, 5) is 4.32. The van der Waals surface area contributed by atoms with Crippen molar-refractivity contribution in [1.82, 2.24) is 4.98 Å². The first kappa shape index (κ1) is 12.0. The van der Waals surface area contributed by atoms with Crippen LogP contribution in [0.1, 0.15) is 24.9 Å². The summed E-state index contributed by atoms with van der Waals surface area (Å²) in [5.41, 5.74) is 8.13. The van der Waals surface area contributed by atoms with E-state index < -0.39 is 0 Å². The summed E-state index contributed by atoms with van der Waals surface area (Å²) >= 11 is 0. The van der Waals surface area contributed by atoms with Gasteiger partial charge in [-0.3, -0.25) is 4.98 Å². The largest absolute Gasteiger partial charge is 0.379 e. The number of hydrogen-bond donors (Lipinski definition) is 1. The van der Waals surface area contributed by atoms with Gasteiger partial charge in [-0.25, -0.2) is 0 Å². The van der Waals surface area contributed by atoms with Crippen molar-refractivity contribution in [2.45, 2.75) is 19.4 Å². The number of aromatic nitrogens is 1. The van der Waals surface area contributed by atoms with Crippen LogP contribution in [0.4, 0.5) is 0 Å². The Morgan fingerprint density at radius 3 is 3.06 bits per heavy atom. The van der Waals surface area contributed by atoms with E-state index in [1.807, 2.05) is 24.3 Å². The Morgan fingerprint density at radius 1 is 1.35 bits per heavy atom. The van der Waals surface area contributed by atoms with E-state index in [2.05, 4.69) is 18.0 Å². The van der Waals surface area contributed by atoms with E-state index in [1.165, 1.54) is 0 Å². The molecule has 0 bridgehead atoms. The summed E-state index contributed by atoms with van der Waals surface area (Å²) in [6, 6.07) is 10.0. The summed E-state index contributed by atoms with van der Waals surface area (Å²) in [6.07, 6.45) is 2.82. The van der Waals surface area contributed by atoms with Crippen LogP contribution in [0.5, 0.6) is 0 Å². The molecular weight excluding hydrogens is 212 g/mol. The van der Waals surface area contributed by atoms with Crippen LogP contribution in [0.25, 0.3) is 10.9 Å². The van der Waals surface area contributed by atoms with Crippen molar-refractivity contribution in [2.75, 3.05) is 13.2 Å². The van der Waals surface area contributed by atoms with Gasteiger partial charge in [0.2, 0.25) is 0 Å². The Morgan fingerprint density at radius 2 is 2.24 bits per heavy atom. The van der Waals surface area contributed by atoms with Gasteiger partial charge in [0.25, 0.3) is 0 Å². The molecule has 0 amide bonds. The molecule has 1 heterocycles. The smallest absolute Gasteiger partial charge is 0.0705 e. The standard InChI is InChI=1S/C14H18N2O/c1-2-8-17-10-13(15)12-6-5-11-4-3-7-16-14(11)9-12/h3-7,9,13H,2,8,10,15H2,1H3. The molecule has 1 atom stereocenters. The number of ether oxygens (including phenoxy) is 1. The van der Waals surface area contributed by atoms with Gasteiger partial charge in [0.1, 0.15) is 0 Å². The van der Waals surface area contributed by atoms with Crippen molar-refractivity contribution in [3.8, 4) is 0 Å². The fraction of sp³-hybridized carbons (Fsp3) is 0.357. The van der Waals surface area contributed by atoms with Gasteiger partial charge in [-0.1, -0.05) is 25.1 Å². The van der Waals surface area contributed by atoms with Crippen molar-refractivity contribution in [1.29, 1.82) is 0 Å². The molecule has 0 spiro atoms. The lowest BCUT2D eigenvalue weighted by Crippen LogP contribution is -2.17. The highest BCUT2D eigenvalue weighted by molar-refractivity contribution is 5.78. The topological polar surface area (TPSA) is 48.1 Å². The molecule has 90 valence electrons. The van der Waals surface area contributed by atoms with Gasteiger partial charge >= 0.3 is 0 Å². The molecule has 0 aliphatic heterocycles. The fourth-order valence-electron chi connectivity index (χ4n) is 1.76. The Labute approximate surface area is 102 Å². The number of nitrogens with two attached hydrogens (primary N) is 1.